The highest BCUT2D eigenvalue weighted by Gasteiger charge is 2.10. The molecule has 11 heteroatoms. The molecule has 0 bridgehead atoms. The van der Waals surface area contributed by atoms with Gasteiger partial charge in [-0.3, -0.25) is 30.4 Å². The zero-order chi connectivity index (χ0) is 22.5. The number of hydrazone groups is 2. The molecule has 0 aromatic heterocycles. The van der Waals surface area contributed by atoms with E-state index in [4.69, 9.17) is 5.21 Å². The molecule has 0 aliphatic heterocycles. The Kier molecular flexibility index (Phi) is 9.30. The normalized spacial score (nSPS) is 10.9. The summed E-state index contributed by atoms with van der Waals surface area (Å²) in [7, 11) is 0. The summed E-state index contributed by atoms with van der Waals surface area (Å²) in [6.07, 6.45) is 3.88. The third kappa shape index (κ3) is 8.03. The molecule has 0 radical (unpaired) electrons. The van der Waals surface area contributed by atoms with Crippen molar-refractivity contribution in [3.8, 4) is 0 Å². The van der Waals surface area contributed by atoms with Crippen molar-refractivity contribution in [2.45, 2.75) is 25.7 Å². The predicted octanol–water partition coefficient (Wildman–Crippen LogP) is 2.56. The minimum atomic E-state index is -0.527. The Morgan fingerprint density at radius 2 is 1.42 bits per heavy atom. The van der Waals surface area contributed by atoms with Gasteiger partial charge >= 0.3 is 0 Å². The Balaban J connectivity index is 1.66. The average molecular weight is 426 g/mol. The lowest BCUT2D eigenvalue weighted by Crippen LogP contribution is -2.19. The third-order valence-corrected chi connectivity index (χ3v) is 4.06. The molecule has 2 rings (SSSR count). The van der Waals surface area contributed by atoms with E-state index in [1.54, 1.807) is 36.4 Å². The maximum Gasteiger partial charge on any atom is 0.278 e. The fourth-order valence-electron chi connectivity index (χ4n) is 2.50. The quantitative estimate of drug-likeness (QED) is 0.187. The molecular formula is C20H22N6O5. The minimum Gasteiger partial charge on any atom is -0.291 e. The first-order valence-electron chi connectivity index (χ1n) is 9.37. The number of nitrogens with one attached hydrogen (secondary N) is 3. The topological polar surface area (TPSA) is 158 Å². The molecule has 2 amide bonds. The lowest BCUT2D eigenvalue weighted by molar-refractivity contribution is -0.385. The van der Waals surface area contributed by atoms with Crippen LogP contribution in [0.3, 0.4) is 0 Å². The summed E-state index contributed by atoms with van der Waals surface area (Å²) in [5.74, 6) is -0.665. The van der Waals surface area contributed by atoms with Gasteiger partial charge in [-0.25, -0.2) is 10.9 Å². The van der Waals surface area contributed by atoms with Crippen LogP contribution < -0.4 is 16.3 Å². The fraction of sp³-hybridized carbons (Fsp3) is 0.200. The summed E-state index contributed by atoms with van der Waals surface area (Å²) >= 11 is 0. The molecule has 0 heterocycles. The van der Waals surface area contributed by atoms with E-state index in [0.717, 1.165) is 0 Å². The van der Waals surface area contributed by atoms with Crippen LogP contribution in [0.1, 0.15) is 36.8 Å². The van der Waals surface area contributed by atoms with E-state index < -0.39 is 4.92 Å². The number of carbonyl (C=O) groups excluding carboxylic acids is 2. The van der Waals surface area contributed by atoms with Crippen LogP contribution in [0.15, 0.2) is 58.7 Å². The number of nitro benzene ring substituents is 1. The van der Waals surface area contributed by atoms with Crippen molar-refractivity contribution in [2.24, 2.45) is 10.2 Å². The van der Waals surface area contributed by atoms with Gasteiger partial charge in [0.15, 0.2) is 0 Å². The average Bonchev–Trinajstić information content (AvgIpc) is 2.77. The highest BCUT2D eigenvalue weighted by atomic mass is 16.6. The van der Waals surface area contributed by atoms with E-state index in [1.807, 2.05) is 5.48 Å². The first kappa shape index (κ1) is 23.2. The van der Waals surface area contributed by atoms with Gasteiger partial charge in [0, 0.05) is 24.5 Å². The standard InChI is InChI=1S/C20H22N6O5/c27-19(23-21-13-15-7-1-3-9-17(15)25-29)11-5-6-12-20(28)24-22-14-16-8-2-4-10-18(16)26(30)31/h1-4,7-10,13-14,25,29H,5-6,11-12H2,(H,23,27)(H,24,28)/b21-13+,22-14+. The van der Waals surface area contributed by atoms with Gasteiger partial charge < -0.3 is 0 Å². The van der Waals surface area contributed by atoms with Gasteiger partial charge in [0.25, 0.3) is 5.69 Å². The van der Waals surface area contributed by atoms with E-state index in [9.17, 15) is 19.7 Å². The number of rotatable bonds is 11. The molecule has 4 N–H and O–H groups in total. The molecule has 0 spiro atoms. The van der Waals surface area contributed by atoms with Crippen LogP contribution in [-0.2, 0) is 9.59 Å². The molecule has 0 aliphatic carbocycles. The second-order valence-corrected chi connectivity index (χ2v) is 6.31. The Hall–Kier alpha value is -4.12. The monoisotopic (exact) mass is 426 g/mol. The number of para-hydroxylation sites is 2. The number of hydrogen-bond donors (Lipinski definition) is 4. The molecule has 0 atom stereocenters. The molecule has 0 aliphatic rings. The summed E-state index contributed by atoms with van der Waals surface area (Å²) < 4.78 is 0. The number of nitrogens with zero attached hydrogens (tertiary/aromatic N) is 3. The molecule has 2 aromatic rings. The molecule has 0 fully saturated rings. The second kappa shape index (κ2) is 12.4. The molecule has 2 aromatic carbocycles. The summed E-state index contributed by atoms with van der Waals surface area (Å²) in [5.41, 5.74) is 7.95. The van der Waals surface area contributed by atoms with Crippen molar-refractivity contribution < 1.29 is 19.7 Å². The Morgan fingerprint density at radius 3 is 2.00 bits per heavy atom. The second-order valence-electron chi connectivity index (χ2n) is 6.31. The van der Waals surface area contributed by atoms with E-state index >= 15 is 0 Å². The van der Waals surface area contributed by atoms with Crippen molar-refractivity contribution >= 4 is 35.6 Å². The smallest absolute Gasteiger partial charge is 0.278 e. The van der Waals surface area contributed by atoms with Crippen molar-refractivity contribution in [1.29, 1.82) is 0 Å². The number of unbranched alkanes of at least 4 members (excludes halogenated alkanes) is 1. The van der Waals surface area contributed by atoms with Gasteiger partial charge in [-0.2, -0.15) is 10.2 Å². The van der Waals surface area contributed by atoms with E-state index in [0.29, 0.717) is 24.1 Å². The molecule has 162 valence electrons. The molecule has 0 saturated carbocycles. The van der Waals surface area contributed by atoms with Gasteiger partial charge in [-0.1, -0.05) is 30.3 Å². The van der Waals surface area contributed by atoms with Crippen molar-refractivity contribution in [1.82, 2.24) is 10.9 Å². The first-order valence-corrected chi connectivity index (χ1v) is 9.37. The number of carbonyl (C=O) groups is 2. The van der Waals surface area contributed by atoms with E-state index in [2.05, 4.69) is 21.1 Å². The third-order valence-electron chi connectivity index (χ3n) is 4.06. The van der Waals surface area contributed by atoms with Gasteiger partial charge in [0.05, 0.1) is 28.6 Å². The summed E-state index contributed by atoms with van der Waals surface area (Å²) in [6, 6.07) is 12.9. The molecule has 11 nitrogen and oxygen atoms in total. The minimum absolute atomic E-state index is 0.106. The number of benzene rings is 2. The number of anilines is 1. The maximum absolute atomic E-state index is 11.8. The van der Waals surface area contributed by atoms with Crippen LogP contribution >= 0.6 is 0 Å². The van der Waals surface area contributed by atoms with Crippen LogP contribution in [-0.4, -0.2) is 34.4 Å². The molecular weight excluding hydrogens is 404 g/mol. The van der Waals surface area contributed by atoms with Crippen LogP contribution in [0, 0.1) is 10.1 Å². The fourth-order valence-corrected chi connectivity index (χ4v) is 2.50. The lowest BCUT2D eigenvalue weighted by Gasteiger charge is -2.03. The number of amides is 2. The predicted molar refractivity (Wildman–Crippen MR) is 115 cm³/mol. The zero-order valence-electron chi connectivity index (χ0n) is 16.5. The highest BCUT2D eigenvalue weighted by Crippen LogP contribution is 2.15. The largest absolute Gasteiger partial charge is 0.291 e. The highest BCUT2D eigenvalue weighted by molar-refractivity contribution is 5.88. The molecule has 0 unspecified atom stereocenters. The lowest BCUT2D eigenvalue weighted by atomic mass is 10.2. The van der Waals surface area contributed by atoms with Crippen LogP contribution in [0.5, 0.6) is 0 Å². The number of nitro groups is 1. The van der Waals surface area contributed by atoms with Crippen LogP contribution in [0.4, 0.5) is 11.4 Å². The number of hydrogen-bond acceptors (Lipinski definition) is 8. The van der Waals surface area contributed by atoms with E-state index in [-0.39, 0.29) is 35.9 Å². The summed E-state index contributed by atoms with van der Waals surface area (Å²) in [5, 5.41) is 27.5. The van der Waals surface area contributed by atoms with Gasteiger partial charge in [-0.05, 0) is 25.0 Å². The summed E-state index contributed by atoms with van der Waals surface area (Å²) in [4.78, 5) is 33.9. The van der Waals surface area contributed by atoms with Crippen molar-refractivity contribution in [3.05, 3.63) is 69.8 Å². The van der Waals surface area contributed by atoms with Gasteiger partial charge in [0.2, 0.25) is 11.8 Å². The Bertz CT molecular complexity index is 976. The molecule has 0 saturated heterocycles. The van der Waals surface area contributed by atoms with E-state index in [1.165, 1.54) is 24.6 Å². The van der Waals surface area contributed by atoms with Crippen molar-refractivity contribution in [3.63, 3.8) is 0 Å². The Labute approximate surface area is 178 Å². The van der Waals surface area contributed by atoms with Gasteiger partial charge in [-0.15, -0.1) is 0 Å². The Morgan fingerprint density at radius 1 is 0.903 bits per heavy atom. The summed E-state index contributed by atoms with van der Waals surface area (Å²) in [6.45, 7) is 0. The van der Waals surface area contributed by atoms with Gasteiger partial charge in [0.1, 0.15) is 0 Å². The SMILES string of the molecule is O=C(CCCCC(=O)N/N=C/c1ccccc1[N+](=O)[O-])N/N=C/c1ccccc1NO. The first-order chi connectivity index (χ1) is 15.0. The van der Waals surface area contributed by atoms with Crippen molar-refractivity contribution in [2.75, 3.05) is 5.48 Å². The zero-order valence-corrected chi connectivity index (χ0v) is 16.5. The maximum atomic E-state index is 11.8. The molecule has 31 heavy (non-hydrogen) atoms. The van der Waals surface area contributed by atoms with Crippen LogP contribution in [0.25, 0.3) is 0 Å². The van der Waals surface area contributed by atoms with Crippen LogP contribution in [0.2, 0.25) is 0 Å².